The van der Waals surface area contributed by atoms with Gasteiger partial charge in [-0.1, -0.05) is 0 Å². The molecule has 0 bridgehead atoms. The summed E-state index contributed by atoms with van der Waals surface area (Å²) in [6.45, 7) is -0.309. The zero-order valence-corrected chi connectivity index (χ0v) is 11.7. The van der Waals surface area contributed by atoms with Gasteiger partial charge in [0.05, 0.1) is 24.8 Å². The topological polar surface area (TPSA) is 82.5 Å². The van der Waals surface area contributed by atoms with Crippen molar-refractivity contribution in [3.63, 3.8) is 0 Å². The minimum absolute atomic E-state index is 0.0524. The highest BCUT2D eigenvalue weighted by molar-refractivity contribution is 7.14. The Morgan fingerprint density at radius 2 is 2.32 bits per heavy atom. The number of thiophene rings is 1. The molecule has 2 aromatic heterocycles. The van der Waals surface area contributed by atoms with Crippen molar-refractivity contribution >= 4 is 28.6 Å². The number of thiazole rings is 1. The molecular formula is C12H14N2O3S2. The van der Waals surface area contributed by atoms with Gasteiger partial charge >= 0.3 is 0 Å². The molecule has 2 aromatic rings. The van der Waals surface area contributed by atoms with Crippen molar-refractivity contribution in [1.82, 2.24) is 10.3 Å². The summed E-state index contributed by atoms with van der Waals surface area (Å²) in [6, 6.07) is 1.99. The molecule has 19 heavy (non-hydrogen) atoms. The van der Waals surface area contributed by atoms with Crippen LogP contribution in [0.25, 0.3) is 10.6 Å². The minimum Gasteiger partial charge on any atom is -0.394 e. The van der Waals surface area contributed by atoms with E-state index < -0.39 is 6.10 Å². The summed E-state index contributed by atoms with van der Waals surface area (Å²) in [6.07, 6.45) is -0.737. The fraction of sp³-hybridized carbons (Fsp3) is 0.333. The number of nitrogens with one attached hydrogen (secondary N) is 1. The number of rotatable bonds is 6. The molecule has 0 aliphatic carbocycles. The van der Waals surface area contributed by atoms with Crippen molar-refractivity contribution in [1.29, 1.82) is 0 Å². The average Bonchev–Trinajstić information content (AvgIpc) is 3.06. The molecule has 7 heteroatoms. The number of hydrogen-bond acceptors (Lipinski definition) is 6. The predicted molar refractivity (Wildman–Crippen MR) is 75.2 cm³/mol. The molecule has 102 valence electrons. The van der Waals surface area contributed by atoms with Gasteiger partial charge in [-0.05, 0) is 11.4 Å². The Kier molecular flexibility index (Phi) is 5.03. The van der Waals surface area contributed by atoms with Gasteiger partial charge in [0.15, 0.2) is 0 Å². The largest absolute Gasteiger partial charge is 0.394 e. The first-order valence-electron chi connectivity index (χ1n) is 5.71. The normalized spacial score (nSPS) is 12.3. The van der Waals surface area contributed by atoms with Crippen LogP contribution >= 0.6 is 22.7 Å². The van der Waals surface area contributed by atoms with E-state index in [1.54, 1.807) is 11.3 Å². The molecule has 3 N–H and O–H groups in total. The molecule has 0 aromatic carbocycles. The Balaban J connectivity index is 1.88. The van der Waals surface area contributed by atoms with Gasteiger partial charge < -0.3 is 15.5 Å². The van der Waals surface area contributed by atoms with Gasteiger partial charge in [-0.15, -0.1) is 11.3 Å². The van der Waals surface area contributed by atoms with Crippen molar-refractivity contribution in [2.24, 2.45) is 0 Å². The van der Waals surface area contributed by atoms with Crippen LogP contribution in [0.4, 0.5) is 0 Å². The predicted octanol–water partition coefficient (Wildman–Crippen LogP) is 0.883. The average molecular weight is 298 g/mol. The fourth-order valence-corrected chi connectivity index (χ4v) is 2.96. The van der Waals surface area contributed by atoms with Gasteiger partial charge in [0.25, 0.3) is 0 Å². The maximum atomic E-state index is 11.6. The Morgan fingerprint density at radius 3 is 3.00 bits per heavy atom. The second-order valence-electron chi connectivity index (χ2n) is 3.97. The van der Waals surface area contributed by atoms with Crippen LogP contribution in [0.1, 0.15) is 5.69 Å². The van der Waals surface area contributed by atoms with Crippen LogP contribution < -0.4 is 5.32 Å². The quantitative estimate of drug-likeness (QED) is 0.739. The van der Waals surface area contributed by atoms with Crippen molar-refractivity contribution in [2.75, 3.05) is 13.2 Å². The number of aliphatic hydroxyl groups is 2. The molecule has 0 radical (unpaired) electrons. The lowest BCUT2D eigenvalue weighted by atomic mass is 10.3. The van der Waals surface area contributed by atoms with Crippen molar-refractivity contribution < 1.29 is 15.0 Å². The molecule has 1 atom stereocenters. The van der Waals surface area contributed by atoms with Gasteiger partial charge in [-0.25, -0.2) is 4.98 Å². The van der Waals surface area contributed by atoms with Gasteiger partial charge in [0.1, 0.15) is 5.01 Å². The smallest absolute Gasteiger partial charge is 0.226 e. The number of amides is 1. The van der Waals surface area contributed by atoms with Gasteiger partial charge in [0, 0.05) is 22.9 Å². The maximum Gasteiger partial charge on any atom is 0.226 e. The van der Waals surface area contributed by atoms with Crippen LogP contribution in [0.5, 0.6) is 0 Å². The van der Waals surface area contributed by atoms with E-state index in [2.05, 4.69) is 10.3 Å². The second kappa shape index (κ2) is 6.76. The van der Waals surface area contributed by atoms with Crippen molar-refractivity contribution in [3.8, 4) is 10.6 Å². The van der Waals surface area contributed by atoms with E-state index in [0.717, 1.165) is 10.6 Å². The molecule has 0 fully saturated rings. The van der Waals surface area contributed by atoms with E-state index in [-0.39, 0.29) is 25.5 Å². The second-order valence-corrected chi connectivity index (χ2v) is 5.61. The molecule has 2 heterocycles. The van der Waals surface area contributed by atoms with E-state index in [0.29, 0.717) is 5.69 Å². The van der Waals surface area contributed by atoms with Crippen molar-refractivity contribution in [2.45, 2.75) is 12.5 Å². The van der Waals surface area contributed by atoms with E-state index in [9.17, 15) is 4.79 Å². The van der Waals surface area contributed by atoms with Crippen LogP contribution in [0, 0.1) is 0 Å². The Bertz CT molecular complexity index is 525. The highest BCUT2D eigenvalue weighted by Gasteiger charge is 2.10. The van der Waals surface area contributed by atoms with Crippen LogP contribution in [-0.2, 0) is 11.2 Å². The Labute approximate surface area is 118 Å². The molecule has 2 rings (SSSR count). The summed E-state index contributed by atoms with van der Waals surface area (Å²) in [5.41, 5.74) is 1.78. The minimum atomic E-state index is -0.916. The molecule has 0 saturated carbocycles. The third-order valence-electron chi connectivity index (χ3n) is 2.41. The number of carbonyl (C=O) groups excluding carboxylic acids is 1. The molecule has 1 amide bonds. The third-order valence-corrected chi connectivity index (χ3v) is 4.03. The molecule has 0 aliphatic rings. The summed E-state index contributed by atoms with van der Waals surface area (Å²) in [5, 5.41) is 27.1. The van der Waals surface area contributed by atoms with Crippen LogP contribution in [0.15, 0.2) is 22.2 Å². The standard InChI is InChI=1S/C12H14N2O3S2/c15-5-10(16)4-13-11(17)3-9-7-19-12(14-9)8-1-2-18-6-8/h1-2,6-7,10,15-16H,3-5H2,(H,13,17). The first-order valence-corrected chi connectivity index (χ1v) is 7.54. The monoisotopic (exact) mass is 298 g/mol. The summed E-state index contributed by atoms with van der Waals surface area (Å²) in [5.74, 6) is -0.213. The Hall–Kier alpha value is -1.28. The first kappa shape index (κ1) is 14.1. The lowest BCUT2D eigenvalue weighted by Gasteiger charge is -2.07. The molecule has 0 saturated heterocycles. The number of aliphatic hydroxyl groups excluding tert-OH is 2. The first-order chi connectivity index (χ1) is 9.19. The fourth-order valence-electron chi connectivity index (χ4n) is 1.43. The molecule has 1 unspecified atom stereocenters. The third kappa shape index (κ3) is 4.10. The van der Waals surface area contributed by atoms with E-state index in [1.807, 2.05) is 22.2 Å². The zero-order chi connectivity index (χ0) is 13.7. The van der Waals surface area contributed by atoms with Crippen LogP contribution in [0.2, 0.25) is 0 Å². The number of carbonyl (C=O) groups is 1. The van der Waals surface area contributed by atoms with Gasteiger partial charge in [-0.2, -0.15) is 11.3 Å². The van der Waals surface area contributed by atoms with E-state index in [4.69, 9.17) is 10.2 Å². The summed E-state index contributed by atoms with van der Waals surface area (Å²) >= 11 is 3.11. The van der Waals surface area contributed by atoms with Gasteiger partial charge in [-0.3, -0.25) is 4.79 Å². The summed E-state index contributed by atoms with van der Waals surface area (Å²) in [4.78, 5) is 16.0. The Morgan fingerprint density at radius 1 is 1.47 bits per heavy atom. The maximum absolute atomic E-state index is 11.6. The zero-order valence-electron chi connectivity index (χ0n) is 10.1. The van der Waals surface area contributed by atoms with Crippen LogP contribution in [0.3, 0.4) is 0 Å². The van der Waals surface area contributed by atoms with E-state index in [1.165, 1.54) is 11.3 Å². The van der Waals surface area contributed by atoms with Crippen LogP contribution in [-0.4, -0.2) is 40.4 Å². The molecule has 0 spiro atoms. The summed E-state index contributed by atoms with van der Waals surface area (Å²) in [7, 11) is 0. The lowest BCUT2D eigenvalue weighted by Crippen LogP contribution is -2.34. The molecule has 5 nitrogen and oxygen atoms in total. The summed E-state index contributed by atoms with van der Waals surface area (Å²) < 4.78 is 0. The molecular weight excluding hydrogens is 284 g/mol. The molecule has 0 aliphatic heterocycles. The number of nitrogens with zero attached hydrogens (tertiary/aromatic N) is 1. The van der Waals surface area contributed by atoms with Gasteiger partial charge in [0.2, 0.25) is 5.91 Å². The highest BCUT2D eigenvalue weighted by atomic mass is 32.1. The number of aromatic nitrogens is 1. The number of hydrogen-bond donors (Lipinski definition) is 3. The lowest BCUT2D eigenvalue weighted by molar-refractivity contribution is -0.121. The SMILES string of the molecule is O=C(Cc1csc(-c2ccsc2)n1)NCC(O)CO. The van der Waals surface area contributed by atoms with E-state index >= 15 is 0 Å². The highest BCUT2D eigenvalue weighted by Crippen LogP contribution is 2.25. The van der Waals surface area contributed by atoms with Crippen molar-refractivity contribution in [3.05, 3.63) is 27.9 Å².